The molecule has 3 heteroatoms. The quantitative estimate of drug-likeness (QED) is 0.703. The molecule has 0 aromatic heterocycles. The summed E-state index contributed by atoms with van der Waals surface area (Å²) in [4.78, 5) is 2.28. The molecule has 0 bridgehead atoms. The van der Waals surface area contributed by atoms with E-state index in [1.54, 1.807) is 6.07 Å². The van der Waals surface area contributed by atoms with E-state index in [0.717, 1.165) is 37.2 Å². The van der Waals surface area contributed by atoms with Crippen LogP contribution in [0, 0.1) is 12.7 Å². The zero-order chi connectivity index (χ0) is 10.8. The van der Waals surface area contributed by atoms with Crippen molar-refractivity contribution >= 4 is 11.6 Å². The van der Waals surface area contributed by atoms with Crippen molar-refractivity contribution in [1.29, 1.82) is 0 Å². The first-order valence-corrected chi connectivity index (χ1v) is 5.70. The van der Waals surface area contributed by atoms with Gasteiger partial charge in [-0.3, -0.25) is 4.90 Å². The summed E-state index contributed by atoms with van der Waals surface area (Å²) < 4.78 is 13.1. The molecule has 1 unspecified atom stereocenters. The van der Waals surface area contributed by atoms with Crippen LogP contribution in [0.5, 0.6) is 0 Å². The van der Waals surface area contributed by atoms with Gasteiger partial charge in [-0.1, -0.05) is 6.07 Å². The van der Waals surface area contributed by atoms with Crippen LogP contribution in [0.1, 0.15) is 17.5 Å². The van der Waals surface area contributed by atoms with E-state index in [1.807, 2.05) is 13.0 Å². The number of halogens is 2. The van der Waals surface area contributed by atoms with Crippen molar-refractivity contribution in [3.63, 3.8) is 0 Å². The van der Waals surface area contributed by atoms with Crippen LogP contribution in [0.2, 0.25) is 0 Å². The Hall–Kier alpha value is -0.600. The summed E-state index contributed by atoms with van der Waals surface area (Å²) in [5, 5.41) is 0.263. The molecule has 1 aromatic carbocycles. The summed E-state index contributed by atoms with van der Waals surface area (Å²) in [5.41, 5.74) is 2.22. The van der Waals surface area contributed by atoms with Crippen molar-refractivity contribution < 1.29 is 4.39 Å². The second-order valence-electron chi connectivity index (χ2n) is 4.19. The van der Waals surface area contributed by atoms with Crippen LogP contribution in [0.3, 0.4) is 0 Å². The van der Waals surface area contributed by atoms with Crippen LogP contribution in [0.15, 0.2) is 18.2 Å². The molecule has 0 N–H and O–H groups in total. The van der Waals surface area contributed by atoms with Gasteiger partial charge >= 0.3 is 0 Å². The number of benzene rings is 1. The summed E-state index contributed by atoms with van der Waals surface area (Å²) in [5.74, 6) is -0.155. The number of hydrogen-bond donors (Lipinski definition) is 0. The molecule has 1 atom stereocenters. The van der Waals surface area contributed by atoms with Crippen LogP contribution in [0.25, 0.3) is 0 Å². The third kappa shape index (κ3) is 2.70. The minimum absolute atomic E-state index is 0.155. The highest BCUT2D eigenvalue weighted by atomic mass is 35.5. The molecule has 1 heterocycles. The molecule has 1 nitrogen and oxygen atoms in total. The second-order valence-corrected chi connectivity index (χ2v) is 4.81. The van der Waals surface area contributed by atoms with Crippen LogP contribution in [0.4, 0.5) is 4.39 Å². The zero-order valence-electron chi connectivity index (χ0n) is 8.84. The van der Waals surface area contributed by atoms with Gasteiger partial charge in [-0.15, -0.1) is 11.6 Å². The van der Waals surface area contributed by atoms with Gasteiger partial charge in [0.05, 0.1) is 0 Å². The fraction of sp³-hybridized carbons (Fsp3) is 0.500. The van der Waals surface area contributed by atoms with Gasteiger partial charge in [0.2, 0.25) is 0 Å². The average molecular weight is 228 g/mol. The van der Waals surface area contributed by atoms with E-state index in [-0.39, 0.29) is 11.2 Å². The van der Waals surface area contributed by atoms with Gasteiger partial charge in [0, 0.05) is 18.5 Å². The Labute approximate surface area is 94.8 Å². The lowest BCUT2D eigenvalue weighted by Crippen LogP contribution is -2.20. The molecule has 1 aromatic rings. The number of nitrogens with zero attached hydrogens (tertiary/aromatic N) is 1. The second kappa shape index (κ2) is 4.50. The maximum Gasteiger partial charge on any atom is 0.123 e. The number of aryl methyl sites for hydroxylation is 1. The molecule has 2 rings (SSSR count). The monoisotopic (exact) mass is 227 g/mol. The summed E-state index contributed by atoms with van der Waals surface area (Å²) >= 11 is 6.03. The number of rotatable bonds is 2. The van der Waals surface area contributed by atoms with Crippen molar-refractivity contribution in [2.24, 2.45) is 0 Å². The first-order valence-electron chi connectivity index (χ1n) is 5.26. The fourth-order valence-electron chi connectivity index (χ4n) is 1.98. The van der Waals surface area contributed by atoms with E-state index in [9.17, 15) is 4.39 Å². The predicted molar refractivity (Wildman–Crippen MR) is 60.7 cm³/mol. The molecule has 82 valence electrons. The van der Waals surface area contributed by atoms with Crippen molar-refractivity contribution in [3.8, 4) is 0 Å². The molecule has 0 spiro atoms. The highest BCUT2D eigenvalue weighted by Crippen LogP contribution is 2.19. The number of likely N-dealkylation sites (tertiary alicyclic amines) is 1. The maximum absolute atomic E-state index is 13.1. The molecule has 0 radical (unpaired) electrons. The normalized spacial score (nSPS) is 22.2. The Kier molecular flexibility index (Phi) is 3.27. The van der Waals surface area contributed by atoms with Crippen molar-refractivity contribution in [3.05, 3.63) is 35.1 Å². The third-order valence-corrected chi connectivity index (χ3v) is 3.28. The fourth-order valence-corrected chi connectivity index (χ4v) is 2.27. The summed E-state index contributed by atoms with van der Waals surface area (Å²) in [6.45, 7) is 4.76. The molecular formula is C12H15ClFN. The van der Waals surface area contributed by atoms with E-state index in [1.165, 1.54) is 6.07 Å². The first kappa shape index (κ1) is 10.9. The lowest BCUT2D eigenvalue weighted by molar-refractivity contribution is 0.330. The average Bonchev–Trinajstić information content (AvgIpc) is 2.58. The highest BCUT2D eigenvalue weighted by molar-refractivity contribution is 6.20. The molecule has 1 aliphatic heterocycles. The molecule has 0 saturated carbocycles. The van der Waals surface area contributed by atoms with Gasteiger partial charge in [-0.25, -0.2) is 4.39 Å². The SMILES string of the molecule is Cc1ccc(F)cc1CN1CCC(Cl)C1. The smallest absolute Gasteiger partial charge is 0.123 e. The molecule has 1 fully saturated rings. The topological polar surface area (TPSA) is 3.24 Å². The maximum atomic E-state index is 13.1. The standard InChI is InChI=1S/C12H15ClFN/c1-9-2-3-12(14)6-10(9)7-15-5-4-11(13)8-15/h2-3,6,11H,4-5,7-8H2,1H3. The van der Waals surface area contributed by atoms with Gasteiger partial charge in [0.25, 0.3) is 0 Å². The Morgan fingerprint density at radius 1 is 1.53 bits per heavy atom. The van der Waals surface area contributed by atoms with Crippen LogP contribution >= 0.6 is 11.6 Å². The van der Waals surface area contributed by atoms with E-state index < -0.39 is 0 Å². The van der Waals surface area contributed by atoms with E-state index >= 15 is 0 Å². The minimum Gasteiger partial charge on any atom is -0.298 e. The molecule has 15 heavy (non-hydrogen) atoms. The first-order chi connectivity index (χ1) is 7.15. The number of hydrogen-bond acceptors (Lipinski definition) is 1. The van der Waals surface area contributed by atoms with Gasteiger partial charge in [-0.05, 0) is 43.1 Å². The summed E-state index contributed by atoms with van der Waals surface area (Å²) in [6.07, 6.45) is 1.04. The lowest BCUT2D eigenvalue weighted by atomic mass is 10.1. The van der Waals surface area contributed by atoms with Crippen molar-refractivity contribution in [2.45, 2.75) is 25.3 Å². The molecule has 0 aliphatic carbocycles. The molecule has 1 saturated heterocycles. The van der Waals surface area contributed by atoms with Gasteiger partial charge < -0.3 is 0 Å². The highest BCUT2D eigenvalue weighted by Gasteiger charge is 2.20. The zero-order valence-corrected chi connectivity index (χ0v) is 9.60. The molecule has 1 aliphatic rings. The summed E-state index contributed by atoms with van der Waals surface area (Å²) in [7, 11) is 0. The Balaban J connectivity index is 2.07. The van der Waals surface area contributed by atoms with Crippen LogP contribution < -0.4 is 0 Å². The van der Waals surface area contributed by atoms with Crippen LogP contribution in [-0.4, -0.2) is 23.4 Å². The van der Waals surface area contributed by atoms with Gasteiger partial charge in [0.1, 0.15) is 5.82 Å². The number of alkyl halides is 1. The van der Waals surface area contributed by atoms with E-state index in [2.05, 4.69) is 4.90 Å². The Morgan fingerprint density at radius 2 is 2.33 bits per heavy atom. The van der Waals surface area contributed by atoms with Gasteiger partial charge in [0.15, 0.2) is 0 Å². The van der Waals surface area contributed by atoms with E-state index in [0.29, 0.717) is 0 Å². The Morgan fingerprint density at radius 3 is 3.00 bits per heavy atom. The van der Waals surface area contributed by atoms with Crippen LogP contribution in [-0.2, 0) is 6.54 Å². The third-order valence-electron chi connectivity index (χ3n) is 2.92. The minimum atomic E-state index is -0.155. The predicted octanol–water partition coefficient (Wildman–Crippen LogP) is 2.95. The van der Waals surface area contributed by atoms with Crippen molar-refractivity contribution in [1.82, 2.24) is 4.90 Å². The molecular weight excluding hydrogens is 213 g/mol. The lowest BCUT2D eigenvalue weighted by Gasteiger charge is -2.16. The largest absolute Gasteiger partial charge is 0.298 e. The molecule has 0 amide bonds. The van der Waals surface area contributed by atoms with E-state index in [4.69, 9.17) is 11.6 Å². The summed E-state index contributed by atoms with van der Waals surface area (Å²) in [6, 6.07) is 4.96. The Bertz CT molecular complexity index is 353. The van der Waals surface area contributed by atoms with Crippen molar-refractivity contribution in [2.75, 3.05) is 13.1 Å². The van der Waals surface area contributed by atoms with Gasteiger partial charge in [-0.2, -0.15) is 0 Å².